The van der Waals surface area contributed by atoms with Crippen molar-refractivity contribution in [2.24, 2.45) is 16.8 Å². The monoisotopic (exact) mass is 350 g/mol. The van der Waals surface area contributed by atoms with Crippen molar-refractivity contribution in [1.82, 2.24) is 15.5 Å². The fourth-order valence-corrected chi connectivity index (χ4v) is 4.19. The van der Waals surface area contributed by atoms with Gasteiger partial charge in [0.05, 0.1) is 0 Å². The predicted molar refractivity (Wildman–Crippen MR) is 106 cm³/mol. The van der Waals surface area contributed by atoms with E-state index in [2.05, 4.69) is 51.9 Å². The lowest BCUT2D eigenvalue weighted by atomic mass is 9.93. The summed E-state index contributed by atoms with van der Waals surface area (Å²) in [6.07, 6.45) is 5.08. The molecule has 1 unspecified atom stereocenters. The third kappa shape index (κ3) is 6.81. The van der Waals surface area contributed by atoms with Crippen LogP contribution >= 0.6 is 11.3 Å². The molecular weight excluding hydrogens is 316 g/mol. The molecule has 4 nitrogen and oxygen atoms in total. The van der Waals surface area contributed by atoms with E-state index in [1.165, 1.54) is 43.8 Å². The third-order valence-electron chi connectivity index (χ3n) is 4.97. The van der Waals surface area contributed by atoms with Crippen LogP contribution in [0.1, 0.15) is 38.0 Å². The van der Waals surface area contributed by atoms with Crippen LogP contribution in [0.3, 0.4) is 0 Å². The molecule has 2 heterocycles. The molecule has 1 atom stereocenters. The van der Waals surface area contributed by atoms with Crippen LogP contribution in [-0.2, 0) is 6.42 Å². The van der Waals surface area contributed by atoms with E-state index in [1.54, 1.807) is 0 Å². The van der Waals surface area contributed by atoms with E-state index in [4.69, 9.17) is 0 Å². The molecule has 0 aliphatic carbocycles. The first kappa shape index (κ1) is 19.3. The van der Waals surface area contributed by atoms with Crippen LogP contribution in [0.25, 0.3) is 0 Å². The highest BCUT2D eigenvalue weighted by atomic mass is 32.1. The third-order valence-corrected chi connectivity index (χ3v) is 5.87. The standard InChI is InChI=1S/C19H34N4S/c1-4-23-11-8-17(9-12-23)7-10-21-19(20-3)22-15-16(2)14-18-6-5-13-24-18/h5-6,13,16-17H,4,7-12,14-15H2,1-3H3,(H2,20,21,22). The van der Waals surface area contributed by atoms with Crippen molar-refractivity contribution in [3.8, 4) is 0 Å². The van der Waals surface area contributed by atoms with Gasteiger partial charge in [-0.25, -0.2) is 0 Å². The smallest absolute Gasteiger partial charge is 0.190 e. The number of piperidine rings is 1. The zero-order valence-corrected chi connectivity index (χ0v) is 16.4. The minimum atomic E-state index is 0.612. The largest absolute Gasteiger partial charge is 0.356 e. The molecule has 1 aromatic heterocycles. The highest BCUT2D eigenvalue weighted by Crippen LogP contribution is 2.19. The summed E-state index contributed by atoms with van der Waals surface area (Å²) in [7, 11) is 1.86. The number of hydrogen-bond donors (Lipinski definition) is 2. The number of nitrogens with zero attached hydrogens (tertiary/aromatic N) is 2. The number of guanidine groups is 1. The lowest BCUT2D eigenvalue weighted by Crippen LogP contribution is -2.41. The molecule has 0 amide bonds. The van der Waals surface area contributed by atoms with Crippen molar-refractivity contribution in [3.05, 3.63) is 22.4 Å². The molecule has 0 aromatic carbocycles. The van der Waals surface area contributed by atoms with Gasteiger partial charge in [0.25, 0.3) is 0 Å². The zero-order chi connectivity index (χ0) is 17.2. The molecule has 1 aromatic rings. The maximum Gasteiger partial charge on any atom is 0.190 e. The predicted octanol–water partition coefficient (Wildman–Crippen LogP) is 3.21. The van der Waals surface area contributed by atoms with E-state index in [-0.39, 0.29) is 0 Å². The fourth-order valence-electron chi connectivity index (χ4n) is 3.32. The Kier molecular flexibility index (Phi) is 8.60. The van der Waals surface area contributed by atoms with Crippen LogP contribution in [0.15, 0.2) is 22.5 Å². The Balaban J connectivity index is 1.58. The summed E-state index contributed by atoms with van der Waals surface area (Å²) in [5.41, 5.74) is 0. The minimum absolute atomic E-state index is 0.612. The summed E-state index contributed by atoms with van der Waals surface area (Å²) < 4.78 is 0. The number of rotatable bonds is 8. The minimum Gasteiger partial charge on any atom is -0.356 e. The molecule has 1 aliphatic rings. The van der Waals surface area contributed by atoms with Crippen LogP contribution in [0.4, 0.5) is 0 Å². The SMILES string of the molecule is CCN1CCC(CCNC(=NC)NCC(C)Cc2cccs2)CC1. The van der Waals surface area contributed by atoms with E-state index in [0.717, 1.165) is 31.4 Å². The van der Waals surface area contributed by atoms with E-state index in [9.17, 15) is 0 Å². The second kappa shape index (κ2) is 10.7. The van der Waals surface area contributed by atoms with E-state index >= 15 is 0 Å². The number of thiophene rings is 1. The highest BCUT2D eigenvalue weighted by Gasteiger charge is 2.17. The van der Waals surface area contributed by atoms with Gasteiger partial charge in [-0.1, -0.05) is 19.9 Å². The average Bonchev–Trinajstić information content (AvgIpc) is 3.11. The van der Waals surface area contributed by atoms with Crippen LogP contribution < -0.4 is 10.6 Å². The van der Waals surface area contributed by atoms with Gasteiger partial charge in [0.15, 0.2) is 5.96 Å². The maximum atomic E-state index is 4.35. The number of nitrogens with one attached hydrogen (secondary N) is 2. The van der Waals surface area contributed by atoms with Gasteiger partial charge in [-0.3, -0.25) is 4.99 Å². The van der Waals surface area contributed by atoms with E-state index in [1.807, 2.05) is 18.4 Å². The lowest BCUT2D eigenvalue weighted by molar-refractivity contribution is 0.187. The fraction of sp³-hybridized carbons (Fsp3) is 0.737. The van der Waals surface area contributed by atoms with Crippen molar-refractivity contribution < 1.29 is 0 Å². The Bertz CT molecular complexity index is 464. The van der Waals surface area contributed by atoms with Crippen molar-refractivity contribution in [2.75, 3.05) is 39.8 Å². The number of likely N-dealkylation sites (tertiary alicyclic amines) is 1. The molecule has 24 heavy (non-hydrogen) atoms. The summed E-state index contributed by atoms with van der Waals surface area (Å²) in [6, 6.07) is 4.35. The Morgan fingerprint density at radius 3 is 2.79 bits per heavy atom. The summed E-state index contributed by atoms with van der Waals surface area (Å²) in [6.45, 7) is 10.3. The Morgan fingerprint density at radius 2 is 2.17 bits per heavy atom. The van der Waals surface area contributed by atoms with Gasteiger partial charge in [0.1, 0.15) is 0 Å². The van der Waals surface area contributed by atoms with Crippen molar-refractivity contribution in [3.63, 3.8) is 0 Å². The van der Waals surface area contributed by atoms with Gasteiger partial charge in [0, 0.05) is 25.0 Å². The maximum absolute atomic E-state index is 4.35. The van der Waals surface area contributed by atoms with Crippen LogP contribution in [-0.4, -0.2) is 50.6 Å². The van der Waals surface area contributed by atoms with Gasteiger partial charge in [0.2, 0.25) is 0 Å². The molecule has 0 bridgehead atoms. The molecule has 2 N–H and O–H groups in total. The molecule has 1 aliphatic heterocycles. The van der Waals surface area contributed by atoms with E-state index < -0.39 is 0 Å². The first-order valence-corrected chi connectivity index (χ1v) is 10.3. The number of hydrogen-bond acceptors (Lipinski definition) is 3. The lowest BCUT2D eigenvalue weighted by Gasteiger charge is -2.31. The van der Waals surface area contributed by atoms with Crippen LogP contribution in [0.2, 0.25) is 0 Å². The van der Waals surface area contributed by atoms with Gasteiger partial charge < -0.3 is 15.5 Å². The average molecular weight is 351 g/mol. The quantitative estimate of drug-likeness (QED) is 0.559. The Hall–Kier alpha value is -1.07. The summed E-state index contributed by atoms with van der Waals surface area (Å²) in [5, 5.41) is 9.11. The topological polar surface area (TPSA) is 39.7 Å². The molecule has 0 spiro atoms. The Morgan fingerprint density at radius 1 is 1.38 bits per heavy atom. The molecule has 1 fully saturated rings. The molecule has 2 rings (SSSR count). The van der Waals surface area contributed by atoms with Crippen LogP contribution in [0.5, 0.6) is 0 Å². The first-order chi connectivity index (χ1) is 11.7. The molecular formula is C19H34N4S. The molecule has 1 saturated heterocycles. The normalized spacial score (nSPS) is 18.5. The second-order valence-corrected chi connectivity index (χ2v) is 7.97. The second-order valence-electron chi connectivity index (χ2n) is 6.93. The summed E-state index contributed by atoms with van der Waals surface area (Å²) in [4.78, 5) is 8.37. The molecule has 0 saturated carbocycles. The van der Waals surface area contributed by atoms with Crippen molar-refractivity contribution in [1.29, 1.82) is 0 Å². The van der Waals surface area contributed by atoms with Gasteiger partial charge in [-0.15, -0.1) is 11.3 Å². The van der Waals surface area contributed by atoms with Gasteiger partial charge in [-0.05, 0) is 68.6 Å². The summed E-state index contributed by atoms with van der Waals surface area (Å²) >= 11 is 1.85. The molecule has 5 heteroatoms. The van der Waals surface area contributed by atoms with Crippen molar-refractivity contribution in [2.45, 2.75) is 39.5 Å². The molecule has 0 radical (unpaired) electrons. The van der Waals surface area contributed by atoms with Crippen molar-refractivity contribution >= 4 is 17.3 Å². The highest BCUT2D eigenvalue weighted by molar-refractivity contribution is 7.09. The first-order valence-electron chi connectivity index (χ1n) is 9.40. The summed E-state index contributed by atoms with van der Waals surface area (Å²) in [5.74, 6) is 2.43. The Labute approximate surface area is 151 Å². The van der Waals surface area contributed by atoms with Gasteiger partial charge in [-0.2, -0.15) is 0 Å². The number of aliphatic imine (C=N–C) groups is 1. The zero-order valence-electron chi connectivity index (χ0n) is 15.6. The molecule has 136 valence electrons. The van der Waals surface area contributed by atoms with Gasteiger partial charge >= 0.3 is 0 Å². The van der Waals surface area contributed by atoms with Crippen LogP contribution in [0, 0.1) is 11.8 Å². The van der Waals surface area contributed by atoms with E-state index in [0.29, 0.717) is 5.92 Å².